The summed E-state index contributed by atoms with van der Waals surface area (Å²) in [5, 5.41) is 20.6. The summed E-state index contributed by atoms with van der Waals surface area (Å²) in [6.45, 7) is 10.1. The topological polar surface area (TPSA) is 40.5 Å². The van der Waals surface area contributed by atoms with Crippen LogP contribution in [0.2, 0.25) is 0 Å². The van der Waals surface area contributed by atoms with Crippen LogP contribution in [0.1, 0.15) is 66.7 Å². The van der Waals surface area contributed by atoms with Crippen molar-refractivity contribution in [3.8, 4) is 0 Å². The van der Waals surface area contributed by atoms with Crippen molar-refractivity contribution in [2.75, 3.05) is 0 Å². The van der Waals surface area contributed by atoms with E-state index in [4.69, 9.17) is 0 Å². The average Bonchev–Trinajstić information content (AvgIpc) is 2.40. The predicted octanol–water partition coefficient (Wildman–Crippen LogP) is 5.30. The van der Waals surface area contributed by atoms with E-state index >= 15 is 0 Å². The molecule has 0 aromatic carbocycles. The van der Waals surface area contributed by atoms with Crippen LogP contribution in [0.3, 0.4) is 0 Å². The van der Waals surface area contributed by atoms with Crippen LogP contribution in [-0.4, -0.2) is 26.2 Å². The van der Waals surface area contributed by atoms with Crippen molar-refractivity contribution in [3.05, 3.63) is 35.5 Å². The number of halogens is 1. The van der Waals surface area contributed by atoms with Crippen molar-refractivity contribution in [2.45, 2.75) is 82.8 Å². The van der Waals surface area contributed by atoms with E-state index in [9.17, 15) is 10.2 Å². The fourth-order valence-corrected chi connectivity index (χ4v) is 3.62. The molecule has 0 aromatic heterocycles. The quantitative estimate of drug-likeness (QED) is 0.370. The minimum Gasteiger partial charge on any atom is -0.389 e. The Balaban J connectivity index is 2.57. The van der Waals surface area contributed by atoms with Crippen molar-refractivity contribution in [1.29, 1.82) is 0 Å². The van der Waals surface area contributed by atoms with Gasteiger partial charge in [-0.3, -0.25) is 0 Å². The number of aliphatic hydroxyl groups is 2. The Kier molecular flexibility index (Phi) is 7.76. The van der Waals surface area contributed by atoms with Gasteiger partial charge >= 0.3 is 0 Å². The van der Waals surface area contributed by atoms with Gasteiger partial charge < -0.3 is 10.2 Å². The first-order valence-electron chi connectivity index (χ1n) is 8.62. The molecule has 1 aliphatic carbocycles. The van der Waals surface area contributed by atoms with Crippen LogP contribution in [0.4, 0.5) is 0 Å². The van der Waals surface area contributed by atoms with E-state index in [1.165, 1.54) is 11.1 Å². The molecule has 1 saturated carbocycles. The molecule has 1 aliphatic rings. The maximum absolute atomic E-state index is 10.4. The number of rotatable bonds is 6. The second kappa shape index (κ2) is 8.64. The van der Waals surface area contributed by atoms with Gasteiger partial charge in [-0.15, -0.1) is 0 Å². The van der Waals surface area contributed by atoms with Crippen molar-refractivity contribution in [2.24, 2.45) is 5.92 Å². The normalized spacial score (nSPS) is 31.9. The van der Waals surface area contributed by atoms with Gasteiger partial charge in [0.1, 0.15) is 0 Å². The molecule has 0 aromatic rings. The Hall–Kier alpha value is -0.380. The van der Waals surface area contributed by atoms with Crippen molar-refractivity contribution in [3.63, 3.8) is 0 Å². The van der Waals surface area contributed by atoms with Crippen LogP contribution < -0.4 is 0 Å². The van der Waals surface area contributed by atoms with E-state index in [1.54, 1.807) is 0 Å². The molecule has 3 heteroatoms. The number of alkyl halides is 1. The zero-order valence-corrected chi connectivity index (χ0v) is 16.9. The molecule has 0 heterocycles. The molecule has 1 fully saturated rings. The van der Waals surface area contributed by atoms with E-state index in [0.29, 0.717) is 5.92 Å². The third-order valence-corrected chi connectivity index (χ3v) is 6.19. The number of allylic oxidation sites excluding steroid dienone is 5. The van der Waals surface area contributed by atoms with Crippen LogP contribution in [0, 0.1) is 5.92 Å². The van der Waals surface area contributed by atoms with E-state index < -0.39 is 11.2 Å². The van der Waals surface area contributed by atoms with Crippen LogP contribution in [0.25, 0.3) is 0 Å². The van der Waals surface area contributed by atoms with Gasteiger partial charge in [0.25, 0.3) is 0 Å². The zero-order valence-electron chi connectivity index (χ0n) is 15.3. The zero-order chi connectivity index (χ0) is 17.7. The Morgan fingerprint density at radius 2 is 2.00 bits per heavy atom. The van der Waals surface area contributed by atoms with Crippen molar-refractivity contribution >= 4 is 15.9 Å². The summed E-state index contributed by atoms with van der Waals surface area (Å²) in [6.07, 6.45) is 12.6. The van der Waals surface area contributed by atoms with E-state index in [-0.39, 0.29) is 4.83 Å². The van der Waals surface area contributed by atoms with Gasteiger partial charge in [-0.2, -0.15) is 0 Å². The molecule has 1 rings (SSSR count). The molecule has 4 unspecified atom stereocenters. The van der Waals surface area contributed by atoms with E-state index in [1.807, 2.05) is 26.0 Å². The minimum absolute atomic E-state index is 0.147. The van der Waals surface area contributed by atoms with Gasteiger partial charge in [0.2, 0.25) is 0 Å². The van der Waals surface area contributed by atoms with Crippen molar-refractivity contribution < 1.29 is 10.2 Å². The highest BCUT2D eigenvalue weighted by molar-refractivity contribution is 9.09. The molecule has 0 saturated heterocycles. The summed E-state index contributed by atoms with van der Waals surface area (Å²) in [5.41, 5.74) is 1.25. The summed E-state index contributed by atoms with van der Waals surface area (Å²) >= 11 is 3.62. The van der Waals surface area contributed by atoms with Gasteiger partial charge in [-0.25, -0.2) is 0 Å². The maximum atomic E-state index is 10.4. The fraction of sp³-hybridized carbons (Fsp3) is 0.700. The summed E-state index contributed by atoms with van der Waals surface area (Å²) in [4.78, 5) is 0.147. The minimum atomic E-state index is -0.767. The van der Waals surface area contributed by atoms with Crippen LogP contribution >= 0.6 is 15.9 Å². The highest BCUT2D eigenvalue weighted by atomic mass is 79.9. The molecule has 132 valence electrons. The second-order valence-corrected chi connectivity index (χ2v) is 8.85. The Morgan fingerprint density at radius 3 is 2.57 bits per heavy atom. The Morgan fingerprint density at radius 1 is 1.35 bits per heavy atom. The first kappa shape index (κ1) is 20.7. The van der Waals surface area contributed by atoms with Gasteiger partial charge in [0.05, 0.1) is 11.2 Å². The SMILES string of the molecule is CC(C)=CCCC(C)(O)C=CC=C(C)C1CCC(C)(O)C(Br)C1. The third kappa shape index (κ3) is 7.36. The van der Waals surface area contributed by atoms with Crippen LogP contribution in [0.5, 0.6) is 0 Å². The summed E-state index contributed by atoms with van der Waals surface area (Å²) in [7, 11) is 0. The highest BCUT2D eigenvalue weighted by Crippen LogP contribution is 2.39. The van der Waals surface area contributed by atoms with Crippen LogP contribution in [-0.2, 0) is 0 Å². The third-order valence-electron chi connectivity index (χ3n) is 4.83. The second-order valence-electron chi connectivity index (χ2n) is 7.74. The molecule has 0 amide bonds. The monoisotopic (exact) mass is 384 g/mol. The van der Waals surface area contributed by atoms with Gasteiger partial charge in [-0.05, 0) is 72.6 Å². The Bertz CT molecular complexity index is 468. The van der Waals surface area contributed by atoms with Crippen LogP contribution in [0.15, 0.2) is 35.5 Å². The summed E-state index contributed by atoms with van der Waals surface area (Å²) in [6, 6.07) is 0. The summed E-state index contributed by atoms with van der Waals surface area (Å²) in [5.74, 6) is 0.500. The molecule has 2 nitrogen and oxygen atoms in total. The first-order valence-corrected chi connectivity index (χ1v) is 9.53. The maximum Gasteiger partial charge on any atom is 0.0805 e. The first-order chi connectivity index (χ1) is 10.5. The average molecular weight is 385 g/mol. The molecule has 0 spiro atoms. The van der Waals surface area contributed by atoms with Crippen molar-refractivity contribution in [1.82, 2.24) is 0 Å². The smallest absolute Gasteiger partial charge is 0.0805 e. The molecular formula is C20H33BrO2. The predicted molar refractivity (Wildman–Crippen MR) is 103 cm³/mol. The van der Waals surface area contributed by atoms with E-state index in [2.05, 4.69) is 48.9 Å². The van der Waals surface area contributed by atoms with Gasteiger partial charge in [0, 0.05) is 4.83 Å². The fourth-order valence-electron chi connectivity index (χ4n) is 2.94. The molecule has 0 bridgehead atoms. The lowest BCUT2D eigenvalue weighted by molar-refractivity contribution is 0.0214. The highest BCUT2D eigenvalue weighted by Gasteiger charge is 2.36. The Labute approximate surface area is 150 Å². The van der Waals surface area contributed by atoms with Gasteiger partial charge in [0.15, 0.2) is 0 Å². The number of hydrogen-bond donors (Lipinski definition) is 2. The van der Waals surface area contributed by atoms with E-state index in [0.717, 1.165) is 32.1 Å². The summed E-state index contributed by atoms with van der Waals surface area (Å²) < 4.78 is 0. The van der Waals surface area contributed by atoms with Gasteiger partial charge in [-0.1, -0.05) is 51.4 Å². The molecule has 2 N–H and O–H groups in total. The molecule has 0 radical (unpaired) electrons. The lowest BCUT2D eigenvalue weighted by Crippen LogP contribution is -2.41. The lowest BCUT2D eigenvalue weighted by Gasteiger charge is -2.38. The molecule has 23 heavy (non-hydrogen) atoms. The standard InChI is InChI=1S/C20H33BrO2/c1-15(2)8-6-11-19(4,22)12-7-9-16(3)17-10-13-20(5,23)18(21)14-17/h7-9,12,17-18,22-23H,6,10-11,13-14H2,1-5H3. The molecular weight excluding hydrogens is 352 g/mol. The molecule has 0 aliphatic heterocycles. The molecule has 4 atom stereocenters. The number of hydrogen-bond acceptors (Lipinski definition) is 2. The lowest BCUT2D eigenvalue weighted by atomic mass is 9.77. The largest absolute Gasteiger partial charge is 0.389 e.